The highest BCUT2D eigenvalue weighted by Crippen LogP contribution is 2.15. The molecule has 17 heavy (non-hydrogen) atoms. The van der Waals surface area contributed by atoms with Crippen LogP contribution in [0.5, 0.6) is 0 Å². The predicted molar refractivity (Wildman–Crippen MR) is 70.2 cm³/mol. The molecule has 4 heteroatoms. The van der Waals surface area contributed by atoms with Gasteiger partial charge in [-0.15, -0.1) is 0 Å². The standard InChI is InChI=1S/C13H25N3O/c1-6-14-13(5,9-17)7-8-16-12(4)10(2)11(3)15-16/h14,17H,6-9H2,1-5H3. The molecule has 1 aromatic rings. The van der Waals surface area contributed by atoms with E-state index in [1.54, 1.807) is 0 Å². The van der Waals surface area contributed by atoms with E-state index in [1.165, 1.54) is 11.3 Å². The summed E-state index contributed by atoms with van der Waals surface area (Å²) in [5, 5.41) is 17.3. The molecule has 0 aliphatic heterocycles. The summed E-state index contributed by atoms with van der Waals surface area (Å²) in [4.78, 5) is 0. The molecule has 4 nitrogen and oxygen atoms in total. The van der Waals surface area contributed by atoms with E-state index in [4.69, 9.17) is 0 Å². The average Bonchev–Trinajstić information content (AvgIpc) is 2.55. The summed E-state index contributed by atoms with van der Waals surface area (Å²) < 4.78 is 2.04. The molecule has 2 N–H and O–H groups in total. The normalized spacial score (nSPS) is 14.9. The Labute approximate surface area is 104 Å². The molecule has 1 rings (SSSR count). The van der Waals surface area contributed by atoms with Crippen LogP contribution in [0.15, 0.2) is 0 Å². The summed E-state index contributed by atoms with van der Waals surface area (Å²) in [6.07, 6.45) is 0.874. The van der Waals surface area contributed by atoms with Crippen molar-refractivity contribution in [2.24, 2.45) is 0 Å². The fourth-order valence-electron chi connectivity index (χ4n) is 2.01. The summed E-state index contributed by atoms with van der Waals surface area (Å²) in [6, 6.07) is 0. The molecule has 0 amide bonds. The Morgan fingerprint density at radius 3 is 2.41 bits per heavy atom. The first kappa shape index (κ1) is 14.2. The third kappa shape index (κ3) is 3.30. The molecule has 0 radical (unpaired) electrons. The maximum absolute atomic E-state index is 9.43. The van der Waals surface area contributed by atoms with Gasteiger partial charge in [-0.2, -0.15) is 5.10 Å². The number of aryl methyl sites for hydroxylation is 2. The highest BCUT2D eigenvalue weighted by Gasteiger charge is 2.22. The molecular formula is C13H25N3O. The van der Waals surface area contributed by atoms with Crippen molar-refractivity contribution in [1.82, 2.24) is 15.1 Å². The van der Waals surface area contributed by atoms with Crippen molar-refractivity contribution in [3.05, 3.63) is 17.0 Å². The van der Waals surface area contributed by atoms with Gasteiger partial charge >= 0.3 is 0 Å². The lowest BCUT2D eigenvalue weighted by Gasteiger charge is -2.28. The highest BCUT2D eigenvalue weighted by atomic mass is 16.3. The van der Waals surface area contributed by atoms with Crippen molar-refractivity contribution < 1.29 is 5.11 Å². The minimum absolute atomic E-state index is 0.152. The average molecular weight is 239 g/mol. The molecule has 0 saturated carbocycles. The fourth-order valence-corrected chi connectivity index (χ4v) is 2.01. The Balaban J connectivity index is 2.69. The third-order valence-corrected chi connectivity index (χ3v) is 3.57. The Bertz CT molecular complexity index is 373. The second kappa shape index (κ2) is 5.65. The SMILES string of the molecule is CCNC(C)(CO)CCn1nc(C)c(C)c1C. The summed E-state index contributed by atoms with van der Waals surface area (Å²) in [7, 11) is 0. The van der Waals surface area contributed by atoms with E-state index in [0.29, 0.717) is 0 Å². The van der Waals surface area contributed by atoms with Gasteiger partial charge in [0.05, 0.1) is 12.3 Å². The molecule has 0 fully saturated rings. The molecule has 1 aromatic heterocycles. The molecule has 1 atom stereocenters. The van der Waals surface area contributed by atoms with Crippen LogP contribution in [0, 0.1) is 20.8 Å². The summed E-state index contributed by atoms with van der Waals surface area (Å²) in [5.74, 6) is 0. The first-order valence-electron chi connectivity index (χ1n) is 6.30. The van der Waals surface area contributed by atoms with Gasteiger partial charge in [0.1, 0.15) is 0 Å². The topological polar surface area (TPSA) is 50.1 Å². The molecule has 1 heterocycles. The second-order valence-electron chi connectivity index (χ2n) is 5.02. The van der Waals surface area contributed by atoms with E-state index in [2.05, 4.69) is 38.1 Å². The molecule has 0 bridgehead atoms. The van der Waals surface area contributed by atoms with Gasteiger partial charge in [0.15, 0.2) is 0 Å². The number of rotatable bonds is 6. The molecule has 1 unspecified atom stereocenters. The quantitative estimate of drug-likeness (QED) is 0.792. The van der Waals surface area contributed by atoms with Gasteiger partial charge in [-0.1, -0.05) is 6.92 Å². The zero-order valence-corrected chi connectivity index (χ0v) is 11.7. The number of aromatic nitrogens is 2. The Kier molecular flexibility index (Phi) is 4.71. The smallest absolute Gasteiger partial charge is 0.0625 e. The zero-order chi connectivity index (χ0) is 13.1. The summed E-state index contributed by atoms with van der Waals surface area (Å²) in [5.41, 5.74) is 3.37. The molecular weight excluding hydrogens is 214 g/mol. The maximum Gasteiger partial charge on any atom is 0.0625 e. The van der Waals surface area contributed by atoms with Gasteiger partial charge < -0.3 is 10.4 Å². The van der Waals surface area contributed by atoms with Crippen LogP contribution in [-0.4, -0.2) is 33.6 Å². The second-order valence-corrected chi connectivity index (χ2v) is 5.02. The van der Waals surface area contributed by atoms with E-state index in [-0.39, 0.29) is 12.1 Å². The third-order valence-electron chi connectivity index (χ3n) is 3.57. The number of aliphatic hydroxyl groups excluding tert-OH is 1. The lowest BCUT2D eigenvalue weighted by atomic mass is 9.99. The molecule has 98 valence electrons. The molecule has 0 aliphatic carbocycles. The van der Waals surface area contributed by atoms with Crippen molar-refractivity contribution in [1.29, 1.82) is 0 Å². The van der Waals surface area contributed by atoms with Crippen molar-refractivity contribution >= 4 is 0 Å². The van der Waals surface area contributed by atoms with Gasteiger partial charge in [-0.05, 0) is 46.2 Å². The molecule has 0 saturated heterocycles. The Morgan fingerprint density at radius 1 is 1.35 bits per heavy atom. The Morgan fingerprint density at radius 2 is 2.00 bits per heavy atom. The van der Waals surface area contributed by atoms with Crippen LogP contribution >= 0.6 is 0 Å². The van der Waals surface area contributed by atoms with Gasteiger partial charge in [0, 0.05) is 17.8 Å². The van der Waals surface area contributed by atoms with Crippen LogP contribution in [0.4, 0.5) is 0 Å². The minimum Gasteiger partial charge on any atom is -0.394 e. The van der Waals surface area contributed by atoms with Crippen molar-refractivity contribution in [2.75, 3.05) is 13.2 Å². The van der Waals surface area contributed by atoms with Crippen molar-refractivity contribution in [2.45, 2.75) is 53.1 Å². The number of hydrogen-bond donors (Lipinski definition) is 2. The van der Waals surface area contributed by atoms with Crippen LogP contribution in [0.3, 0.4) is 0 Å². The largest absolute Gasteiger partial charge is 0.394 e. The summed E-state index contributed by atoms with van der Waals surface area (Å²) in [6.45, 7) is 12.2. The number of nitrogens with one attached hydrogen (secondary N) is 1. The lowest BCUT2D eigenvalue weighted by Crippen LogP contribution is -2.46. The number of aliphatic hydroxyl groups is 1. The van der Waals surface area contributed by atoms with Crippen molar-refractivity contribution in [3.63, 3.8) is 0 Å². The van der Waals surface area contributed by atoms with Crippen LogP contribution in [-0.2, 0) is 6.54 Å². The van der Waals surface area contributed by atoms with Gasteiger partial charge in [0.25, 0.3) is 0 Å². The monoisotopic (exact) mass is 239 g/mol. The van der Waals surface area contributed by atoms with E-state index in [0.717, 1.165) is 25.2 Å². The molecule has 0 aliphatic rings. The number of hydrogen-bond acceptors (Lipinski definition) is 3. The van der Waals surface area contributed by atoms with Crippen LogP contribution in [0.1, 0.15) is 37.2 Å². The first-order chi connectivity index (χ1) is 7.93. The van der Waals surface area contributed by atoms with Crippen molar-refractivity contribution in [3.8, 4) is 0 Å². The zero-order valence-electron chi connectivity index (χ0n) is 11.7. The summed E-state index contributed by atoms with van der Waals surface area (Å²) >= 11 is 0. The Hall–Kier alpha value is -0.870. The van der Waals surface area contributed by atoms with Gasteiger partial charge in [0.2, 0.25) is 0 Å². The fraction of sp³-hybridized carbons (Fsp3) is 0.769. The molecule has 0 aromatic carbocycles. The van der Waals surface area contributed by atoms with Crippen LogP contribution in [0.2, 0.25) is 0 Å². The van der Waals surface area contributed by atoms with E-state index < -0.39 is 0 Å². The predicted octanol–water partition coefficient (Wildman–Crippen LogP) is 1.56. The first-order valence-corrected chi connectivity index (χ1v) is 6.30. The van der Waals surface area contributed by atoms with E-state index in [1.807, 2.05) is 11.6 Å². The van der Waals surface area contributed by atoms with Crippen LogP contribution < -0.4 is 5.32 Å². The lowest BCUT2D eigenvalue weighted by molar-refractivity contribution is 0.161. The number of nitrogens with zero attached hydrogens (tertiary/aromatic N) is 2. The molecule has 0 spiro atoms. The van der Waals surface area contributed by atoms with E-state index >= 15 is 0 Å². The maximum atomic E-state index is 9.43. The van der Waals surface area contributed by atoms with Gasteiger partial charge in [-0.3, -0.25) is 4.68 Å². The van der Waals surface area contributed by atoms with Crippen LogP contribution in [0.25, 0.3) is 0 Å². The highest BCUT2D eigenvalue weighted by molar-refractivity contribution is 5.22. The van der Waals surface area contributed by atoms with E-state index in [9.17, 15) is 5.11 Å². The minimum atomic E-state index is -0.213. The number of likely N-dealkylation sites (N-methyl/N-ethyl adjacent to an activating group) is 1. The van der Waals surface area contributed by atoms with Gasteiger partial charge in [-0.25, -0.2) is 0 Å².